The Morgan fingerprint density at radius 3 is 2.28 bits per heavy atom. The molecule has 1 fully saturated rings. The highest BCUT2D eigenvalue weighted by Gasteiger charge is 2.37. The topological polar surface area (TPSA) is 21.3 Å². The van der Waals surface area contributed by atoms with E-state index < -0.39 is 0 Å². The third-order valence-corrected chi connectivity index (χ3v) is 4.60. The lowest BCUT2D eigenvalue weighted by Crippen LogP contribution is -2.39. The van der Waals surface area contributed by atoms with E-state index in [0.29, 0.717) is 17.6 Å². The maximum Gasteiger partial charge on any atom is 0.0631 e. The number of ether oxygens (including phenoxy) is 1. The molecule has 0 spiro atoms. The van der Waals surface area contributed by atoms with Crippen LogP contribution in [0.2, 0.25) is 0 Å². The number of rotatable bonds is 7. The minimum Gasteiger partial charge on any atom is -0.372 e. The summed E-state index contributed by atoms with van der Waals surface area (Å²) in [6.45, 7) is 14.7. The first kappa shape index (κ1) is 16.0. The van der Waals surface area contributed by atoms with Crippen LogP contribution in [0, 0.1) is 5.41 Å². The average Bonchev–Trinajstić information content (AvgIpc) is 2.64. The largest absolute Gasteiger partial charge is 0.372 e. The van der Waals surface area contributed by atoms with Gasteiger partial charge in [0.1, 0.15) is 0 Å². The molecule has 0 amide bonds. The van der Waals surface area contributed by atoms with Gasteiger partial charge in [0.25, 0.3) is 0 Å². The van der Waals surface area contributed by atoms with E-state index >= 15 is 0 Å². The first-order valence-electron chi connectivity index (χ1n) is 7.74. The highest BCUT2D eigenvalue weighted by Crippen LogP contribution is 2.39. The summed E-state index contributed by atoms with van der Waals surface area (Å²) >= 11 is 0. The molecule has 1 rings (SSSR count). The summed E-state index contributed by atoms with van der Waals surface area (Å²) in [6, 6.07) is 0.573. The third kappa shape index (κ3) is 4.55. The Hall–Kier alpha value is -0.0800. The van der Waals surface area contributed by atoms with Crippen molar-refractivity contribution in [2.45, 2.75) is 91.4 Å². The molecule has 0 aromatic rings. The van der Waals surface area contributed by atoms with E-state index in [4.69, 9.17) is 4.74 Å². The molecule has 108 valence electrons. The SMILES string of the molecule is CCC(CC)(CNC(C)C)CC1CCC(C)(C)O1. The molecular weight excluding hydrogens is 222 g/mol. The third-order valence-electron chi connectivity index (χ3n) is 4.60. The number of hydrogen-bond donors (Lipinski definition) is 1. The molecule has 1 N–H and O–H groups in total. The fraction of sp³-hybridized carbons (Fsp3) is 1.00. The second-order valence-electron chi connectivity index (χ2n) is 6.99. The first-order chi connectivity index (χ1) is 8.32. The maximum absolute atomic E-state index is 6.19. The van der Waals surface area contributed by atoms with Gasteiger partial charge in [-0.1, -0.05) is 27.7 Å². The molecule has 0 aromatic heterocycles. The molecule has 2 heteroatoms. The smallest absolute Gasteiger partial charge is 0.0631 e. The van der Waals surface area contributed by atoms with Crippen molar-refractivity contribution >= 4 is 0 Å². The highest BCUT2D eigenvalue weighted by atomic mass is 16.5. The molecule has 0 aromatic carbocycles. The maximum atomic E-state index is 6.19. The summed E-state index contributed by atoms with van der Waals surface area (Å²) in [5, 5.41) is 3.63. The highest BCUT2D eigenvalue weighted by molar-refractivity contribution is 4.88. The Bertz CT molecular complexity index is 243. The average molecular weight is 255 g/mol. The van der Waals surface area contributed by atoms with E-state index in [-0.39, 0.29) is 5.60 Å². The lowest BCUT2D eigenvalue weighted by Gasteiger charge is -2.35. The second kappa shape index (κ2) is 6.38. The van der Waals surface area contributed by atoms with Crippen molar-refractivity contribution in [1.82, 2.24) is 5.32 Å². The van der Waals surface area contributed by atoms with Gasteiger partial charge in [-0.2, -0.15) is 0 Å². The summed E-state index contributed by atoms with van der Waals surface area (Å²) in [5.41, 5.74) is 0.513. The van der Waals surface area contributed by atoms with Gasteiger partial charge < -0.3 is 10.1 Å². The van der Waals surface area contributed by atoms with Gasteiger partial charge in [-0.15, -0.1) is 0 Å². The van der Waals surface area contributed by atoms with Crippen LogP contribution in [0.15, 0.2) is 0 Å². The molecule has 0 saturated carbocycles. The summed E-state index contributed by atoms with van der Waals surface area (Å²) < 4.78 is 6.19. The van der Waals surface area contributed by atoms with E-state index in [2.05, 4.69) is 46.9 Å². The van der Waals surface area contributed by atoms with Crippen LogP contribution in [0.3, 0.4) is 0 Å². The van der Waals surface area contributed by atoms with E-state index in [1.165, 1.54) is 32.1 Å². The zero-order valence-corrected chi connectivity index (χ0v) is 13.3. The molecule has 1 aliphatic rings. The fourth-order valence-corrected chi connectivity index (χ4v) is 2.99. The Morgan fingerprint density at radius 2 is 1.89 bits per heavy atom. The van der Waals surface area contributed by atoms with Gasteiger partial charge in [-0.05, 0) is 51.4 Å². The lowest BCUT2D eigenvalue weighted by molar-refractivity contribution is -0.0371. The van der Waals surface area contributed by atoms with Gasteiger partial charge in [0, 0.05) is 12.6 Å². The number of hydrogen-bond acceptors (Lipinski definition) is 2. The fourth-order valence-electron chi connectivity index (χ4n) is 2.99. The Balaban J connectivity index is 2.56. The van der Waals surface area contributed by atoms with Crippen molar-refractivity contribution < 1.29 is 4.74 Å². The summed E-state index contributed by atoms with van der Waals surface area (Å²) in [7, 11) is 0. The van der Waals surface area contributed by atoms with Crippen LogP contribution in [0.4, 0.5) is 0 Å². The van der Waals surface area contributed by atoms with Crippen LogP contribution in [0.1, 0.15) is 73.6 Å². The van der Waals surface area contributed by atoms with E-state index in [1.54, 1.807) is 0 Å². The van der Waals surface area contributed by atoms with Crippen molar-refractivity contribution in [3.63, 3.8) is 0 Å². The zero-order chi connectivity index (χ0) is 13.8. The quantitative estimate of drug-likeness (QED) is 0.738. The van der Waals surface area contributed by atoms with Crippen LogP contribution in [-0.2, 0) is 4.74 Å². The van der Waals surface area contributed by atoms with E-state index in [0.717, 1.165) is 6.54 Å². The van der Waals surface area contributed by atoms with Crippen molar-refractivity contribution in [2.75, 3.05) is 6.54 Å². The number of nitrogens with one attached hydrogen (secondary N) is 1. The van der Waals surface area contributed by atoms with Crippen molar-refractivity contribution in [3.8, 4) is 0 Å². The van der Waals surface area contributed by atoms with Crippen LogP contribution in [0.5, 0.6) is 0 Å². The van der Waals surface area contributed by atoms with Gasteiger partial charge >= 0.3 is 0 Å². The predicted octanol–water partition coefficient (Wildman–Crippen LogP) is 4.14. The van der Waals surface area contributed by atoms with Crippen molar-refractivity contribution in [1.29, 1.82) is 0 Å². The molecule has 2 nitrogen and oxygen atoms in total. The van der Waals surface area contributed by atoms with Gasteiger partial charge in [-0.3, -0.25) is 0 Å². The van der Waals surface area contributed by atoms with Crippen LogP contribution in [-0.4, -0.2) is 24.3 Å². The minimum absolute atomic E-state index is 0.101. The van der Waals surface area contributed by atoms with Gasteiger partial charge in [0.15, 0.2) is 0 Å². The standard InChI is InChI=1S/C16H33NO/c1-7-16(8-2,12-17-13(3)4)11-14-9-10-15(5,6)18-14/h13-14,17H,7-12H2,1-6H3. The molecule has 1 heterocycles. The molecule has 18 heavy (non-hydrogen) atoms. The second-order valence-corrected chi connectivity index (χ2v) is 6.99. The zero-order valence-electron chi connectivity index (χ0n) is 13.3. The van der Waals surface area contributed by atoms with Crippen molar-refractivity contribution in [2.24, 2.45) is 5.41 Å². The molecule has 0 bridgehead atoms. The monoisotopic (exact) mass is 255 g/mol. The van der Waals surface area contributed by atoms with E-state index in [1.807, 2.05) is 0 Å². The van der Waals surface area contributed by atoms with Gasteiger partial charge in [-0.25, -0.2) is 0 Å². The van der Waals surface area contributed by atoms with E-state index in [9.17, 15) is 0 Å². The Morgan fingerprint density at radius 1 is 1.28 bits per heavy atom. The molecule has 1 atom stereocenters. The molecule has 0 aliphatic carbocycles. The molecular formula is C16H33NO. The van der Waals surface area contributed by atoms with Crippen LogP contribution in [0.25, 0.3) is 0 Å². The Kier molecular flexibility index (Phi) is 5.67. The summed E-state index contributed by atoms with van der Waals surface area (Å²) in [4.78, 5) is 0. The molecule has 0 radical (unpaired) electrons. The van der Waals surface area contributed by atoms with Crippen LogP contribution < -0.4 is 5.32 Å². The molecule has 1 saturated heterocycles. The predicted molar refractivity (Wildman–Crippen MR) is 79.0 cm³/mol. The van der Waals surface area contributed by atoms with Gasteiger partial charge in [0.05, 0.1) is 11.7 Å². The minimum atomic E-state index is 0.101. The summed E-state index contributed by atoms with van der Waals surface area (Å²) in [5.74, 6) is 0. The Labute approximate surface area is 114 Å². The van der Waals surface area contributed by atoms with Gasteiger partial charge in [0.2, 0.25) is 0 Å². The first-order valence-corrected chi connectivity index (χ1v) is 7.74. The molecule has 1 aliphatic heterocycles. The van der Waals surface area contributed by atoms with Crippen LogP contribution >= 0.6 is 0 Å². The van der Waals surface area contributed by atoms with Crippen molar-refractivity contribution in [3.05, 3.63) is 0 Å². The normalized spacial score (nSPS) is 23.8. The lowest BCUT2D eigenvalue weighted by atomic mass is 9.76. The summed E-state index contributed by atoms with van der Waals surface area (Å²) in [6.07, 6.45) is 6.60. The molecule has 1 unspecified atom stereocenters.